The fraction of sp³-hybridized carbons (Fsp3) is 0.500. The Balaban J connectivity index is 2.10. The van der Waals surface area contributed by atoms with Crippen molar-refractivity contribution in [3.05, 3.63) is 52.3 Å². The lowest BCUT2D eigenvalue weighted by Crippen LogP contribution is -2.20. The van der Waals surface area contributed by atoms with Crippen molar-refractivity contribution in [3.8, 4) is 6.07 Å². The van der Waals surface area contributed by atoms with Gasteiger partial charge in [0.05, 0.1) is 11.6 Å². The number of hydrogen-bond donors (Lipinski definition) is 0. The Labute approximate surface area is 190 Å². The van der Waals surface area contributed by atoms with Crippen molar-refractivity contribution in [2.24, 2.45) is 5.92 Å². The van der Waals surface area contributed by atoms with Gasteiger partial charge in [-0.2, -0.15) is 10.4 Å². The predicted octanol–water partition coefficient (Wildman–Crippen LogP) is 5.53. The van der Waals surface area contributed by atoms with Crippen molar-refractivity contribution >= 4 is 17.3 Å². The van der Waals surface area contributed by atoms with Gasteiger partial charge in [-0.15, -0.1) is 0 Å². The average Bonchev–Trinajstić information content (AvgIpc) is 3.54. The number of nitrogens with zero attached hydrogens (tertiary/aromatic N) is 3. The lowest BCUT2D eigenvalue weighted by atomic mass is 9.86. The van der Waals surface area contributed by atoms with Crippen LogP contribution in [-0.2, 0) is 26.2 Å². The molecule has 32 heavy (non-hydrogen) atoms. The van der Waals surface area contributed by atoms with Crippen molar-refractivity contribution in [3.63, 3.8) is 0 Å². The number of nitriles is 1. The monoisotopic (exact) mass is 435 g/mol. The molecule has 0 radical (unpaired) electrons. The maximum absolute atomic E-state index is 12.2. The second-order valence-corrected chi connectivity index (χ2v) is 9.41. The Kier molecular flexibility index (Phi) is 6.78. The highest BCUT2D eigenvalue weighted by Gasteiger charge is 2.33. The normalized spacial score (nSPS) is 15.6. The molecule has 1 atom stereocenters. The Hall–Kier alpha value is -3.07. The van der Waals surface area contributed by atoms with E-state index in [0.717, 1.165) is 35.4 Å². The largest absolute Gasteiger partial charge is 0.451 e. The molecule has 0 saturated heterocycles. The molecule has 170 valence electrons. The number of carbonyl (C=O) groups is 1. The van der Waals surface area contributed by atoms with Crippen molar-refractivity contribution in [1.82, 2.24) is 9.78 Å². The van der Waals surface area contributed by atoms with Crippen LogP contribution in [-0.4, -0.2) is 22.0 Å². The summed E-state index contributed by atoms with van der Waals surface area (Å²) in [6, 6.07) is 10.3. The molecule has 0 amide bonds. The molecule has 0 bridgehead atoms. The molecule has 2 aromatic rings. The number of aryl methyl sites for hydroxylation is 2. The van der Waals surface area contributed by atoms with Gasteiger partial charge in [0.1, 0.15) is 17.3 Å². The van der Waals surface area contributed by atoms with E-state index in [2.05, 4.69) is 31.9 Å². The summed E-state index contributed by atoms with van der Waals surface area (Å²) in [4.78, 5) is 12.2. The van der Waals surface area contributed by atoms with E-state index < -0.39 is 6.29 Å². The lowest BCUT2D eigenvalue weighted by molar-refractivity contribution is -0.165. The zero-order valence-electron chi connectivity index (χ0n) is 20.2. The van der Waals surface area contributed by atoms with Crippen LogP contribution in [0.4, 0.5) is 0 Å². The molecule has 6 nitrogen and oxygen atoms in total. The van der Waals surface area contributed by atoms with Gasteiger partial charge in [0, 0.05) is 19.0 Å². The van der Waals surface area contributed by atoms with Crippen LogP contribution in [0.15, 0.2) is 24.3 Å². The molecule has 1 heterocycles. The maximum atomic E-state index is 12.2. The van der Waals surface area contributed by atoms with Gasteiger partial charge in [0.25, 0.3) is 0 Å². The van der Waals surface area contributed by atoms with E-state index in [-0.39, 0.29) is 17.3 Å². The van der Waals surface area contributed by atoms with E-state index >= 15 is 0 Å². The van der Waals surface area contributed by atoms with Gasteiger partial charge >= 0.3 is 5.97 Å². The molecule has 1 unspecified atom stereocenters. The number of allylic oxidation sites excluding steroid dienone is 1. The standard InChI is InChI=1S/C26H33N3O3/c1-8-29-23(16(2)17(3)28-29)24(31-18(4)32-25(30)20-9-10-20)22(15-27)19-11-13-21(14-12-19)26(5,6)7/h11-14,18,20H,8-10H2,1-7H3/b24-22-. The fourth-order valence-electron chi connectivity index (χ4n) is 3.57. The highest BCUT2D eigenvalue weighted by atomic mass is 16.7. The van der Waals surface area contributed by atoms with Crippen LogP contribution in [0, 0.1) is 31.1 Å². The first-order valence-electron chi connectivity index (χ1n) is 11.2. The van der Waals surface area contributed by atoms with Crippen molar-refractivity contribution < 1.29 is 14.3 Å². The number of carbonyl (C=O) groups excluding carboxylic acids is 1. The van der Waals surface area contributed by atoms with Gasteiger partial charge in [-0.3, -0.25) is 9.48 Å². The minimum atomic E-state index is -0.824. The summed E-state index contributed by atoms with van der Waals surface area (Å²) in [6.45, 7) is 14.7. The van der Waals surface area contributed by atoms with E-state index in [9.17, 15) is 10.1 Å². The molecule has 1 aliphatic carbocycles. The Bertz CT molecular complexity index is 1060. The number of esters is 1. The summed E-state index contributed by atoms with van der Waals surface area (Å²) >= 11 is 0. The fourth-order valence-corrected chi connectivity index (χ4v) is 3.57. The molecule has 1 saturated carbocycles. The number of aromatic nitrogens is 2. The quantitative estimate of drug-likeness (QED) is 0.247. The van der Waals surface area contributed by atoms with Gasteiger partial charge in [-0.1, -0.05) is 45.0 Å². The van der Waals surface area contributed by atoms with Crippen LogP contribution < -0.4 is 0 Å². The molecule has 3 rings (SSSR count). The SMILES string of the molecule is CCn1nc(C)c(C)c1/C(OC(C)OC(=O)C1CC1)=C(\C#N)c1ccc(C(C)(C)C)cc1. The van der Waals surface area contributed by atoms with Crippen LogP contribution in [0.2, 0.25) is 0 Å². The molecule has 1 aromatic carbocycles. The molecule has 1 aromatic heterocycles. The molecule has 1 fully saturated rings. The van der Waals surface area contributed by atoms with Gasteiger partial charge in [0.2, 0.25) is 6.29 Å². The van der Waals surface area contributed by atoms with Crippen LogP contribution in [0.3, 0.4) is 0 Å². The van der Waals surface area contributed by atoms with Crippen LogP contribution in [0.1, 0.15) is 75.5 Å². The van der Waals surface area contributed by atoms with Crippen molar-refractivity contribution in [1.29, 1.82) is 5.26 Å². The first-order chi connectivity index (χ1) is 15.1. The van der Waals surface area contributed by atoms with E-state index in [1.807, 2.05) is 49.7 Å². The summed E-state index contributed by atoms with van der Waals surface area (Å²) in [5.41, 5.74) is 4.85. The molecule has 6 heteroatoms. The summed E-state index contributed by atoms with van der Waals surface area (Å²) in [7, 11) is 0. The number of rotatable bonds is 7. The lowest BCUT2D eigenvalue weighted by Gasteiger charge is -2.21. The minimum Gasteiger partial charge on any atom is -0.451 e. The number of hydrogen-bond acceptors (Lipinski definition) is 5. The molecular formula is C26H33N3O3. The summed E-state index contributed by atoms with van der Waals surface area (Å²) in [6.07, 6.45) is 0.896. The van der Waals surface area contributed by atoms with Crippen LogP contribution in [0.5, 0.6) is 0 Å². The second kappa shape index (κ2) is 9.20. The Morgan fingerprint density at radius 2 is 1.84 bits per heavy atom. The van der Waals surface area contributed by atoms with Crippen LogP contribution in [0.25, 0.3) is 11.3 Å². The topological polar surface area (TPSA) is 77.1 Å². The third kappa shape index (κ3) is 5.04. The maximum Gasteiger partial charge on any atom is 0.311 e. The molecule has 0 spiro atoms. The average molecular weight is 436 g/mol. The minimum absolute atomic E-state index is 0.00837. The zero-order chi connectivity index (χ0) is 23.6. The van der Waals surface area contributed by atoms with Gasteiger partial charge in [-0.05, 0) is 50.2 Å². The first-order valence-corrected chi connectivity index (χ1v) is 11.2. The van der Waals surface area contributed by atoms with E-state index in [0.29, 0.717) is 17.9 Å². The Morgan fingerprint density at radius 1 is 1.22 bits per heavy atom. The van der Waals surface area contributed by atoms with Gasteiger partial charge < -0.3 is 9.47 Å². The summed E-state index contributed by atoms with van der Waals surface area (Å²) < 4.78 is 13.5. The molecule has 1 aliphatic rings. The number of ether oxygens (including phenoxy) is 2. The van der Waals surface area contributed by atoms with E-state index in [1.165, 1.54) is 5.56 Å². The summed E-state index contributed by atoms with van der Waals surface area (Å²) in [5.74, 6) is 0.104. The van der Waals surface area contributed by atoms with Crippen molar-refractivity contribution in [2.45, 2.75) is 79.6 Å². The first kappa shape index (κ1) is 23.6. The number of benzene rings is 1. The molecule has 0 N–H and O–H groups in total. The zero-order valence-corrected chi connectivity index (χ0v) is 20.2. The molecule has 0 aliphatic heterocycles. The third-order valence-electron chi connectivity index (χ3n) is 5.80. The van der Waals surface area contributed by atoms with E-state index in [4.69, 9.17) is 9.47 Å². The van der Waals surface area contributed by atoms with E-state index in [1.54, 1.807) is 6.92 Å². The van der Waals surface area contributed by atoms with Crippen LogP contribution >= 0.6 is 0 Å². The summed E-state index contributed by atoms with van der Waals surface area (Å²) in [5, 5.41) is 14.8. The van der Waals surface area contributed by atoms with Gasteiger partial charge in [-0.25, -0.2) is 0 Å². The predicted molar refractivity (Wildman–Crippen MR) is 124 cm³/mol. The van der Waals surface area contributed by atoms with Crippen molar-refractivity contribution in [2.75, 3.05) is 0 Å². The van der Waals surface area contributed by atoms with Gasteiger partial charge in [0.15, 0.2) is 5.76 Å². The second-order valence-electron chi connectivity index (χ2n) is 9.41. The highest BCUT2D eigenvalue weighted by Crippen LogP contribution is 2.34. The Morgan fingerprint density at radius 3 is 2.34 bits per heavy atom. The highest BCUT2D eigenvalue weighted by molar-refractivity contribution is 5.94. The smallest absolute Gasteiger partial charge is 0.311 e. The third-order valence-corrected chi connectivity index (χ3v) is 5.80. The molecular weight excluding hydrogens is 402 g/mol.